The van der Waals surface area contributed by atoms with Gasteiger partial charge in [0.15, 0.2) is 0 Å². The molecule has 0 N–H and O–H groups in total. The molecule has 1 atom stereocenters. The van der Waals surface area contributed by atoms with E-state index < -0.39 is 5.97 Å². The third-order valence-electron chi connectivity index (χ3n) is 5.86. The summed E-state index contributed by atoms with van der Waals surface area (Å²) in [6, 6.07) is 0. The molecule has 0 heterocycles. The fourth-order valence-corrected chi connectivity index (χ4v) is 4.47. The van der Waals surface area contributed by atoms with Gasteiger partial charge >= 0.3 is 0 Å². The lowest BCUT2D eigenvalue weighted by Gasteiger charge is -2.40. The van der Waals surface area contributed by atoms with Crippen molar-refractivity contribution < 1.29 is 14.2 Å². The molecule has 0 aromatic heterocycles. The molecule has 0 bridgehead atoms. The molecule has 31 heavy (non-hydrogen) atoms. The summed E-state index contributed by atoms with van der Waals surface area (Å²) in [4.78, 5) is 0. The maximum atomic E-state index is 6.40. The van der Waals surface area contributed by atoms with E-state index in [9.17, 15) is 0 Å². The Morgan fingerprint density at radius 1 is 0.516 bits per heavy atom. The molecule has 0 aromatic rings. The maximum Gasteiger partial charge on any atom is 0.285 e. The molecule has 0 aliphatic rings. The number of hydrogen-bond donors (Lipinski definition) is 0. The van der Waals surface area contributed by atoms with Gasteiger partial charge in [-0.25, -0.2) is 0 Å². The Labute approximate surface area is 203 Å². The van der Waals surface area contributed by atoms with Gasteiger partial charge in [-0.1, -0.05) is 114 Å². The molecule has 4 heteroatoms. The first kappa shape index (κ1) is 31.4. The lowest BCUT2D eigenvalue weighted by Crippen LogP contribution is -2.47. The smallest absolute Gasteiger partial charge is 0.285 e. The van der Waals surface area contributed by atoms with Crippen molar-refractivity contribution in [3.8, 4) is 0 Å². The van der Waals surface area contributed by atoms with Crippen LogP contribution in [0.25, 0.3) is 0 Å². The molecule has 0 saturated heterocycles. The van der Waals surface area contributed by atoms with Gasteiger partial charge in [0, 0.05) is 11.2 Å². The number of rotatable bonds is 25. The number of unbranched alkanes of at least 4 members (excludes halogenated alkanes) is 10. The zero-order chi connectivity index (χ0) is 23.0. The number of hydrogen-bond acceptors (Lipinski definition) is 3. The highest BCUT2D eigenvalue weighted by atomic mass is 79.9. The molecule has 0 fully saturated rings. The van der Waals surface area contributed by atoms with Gasteiger partial charge in [0.05, 0.1) is 19.8 Å². The van der Waals surface area contributed by atoms with Crippen LogP contribution >= 0.6 is 15.9 Å². The van der Waals surface area contributed by atoms with Crippen molar-refractivity contribution in [1.29, 1.82) is 0 Å². The average molecular weight is 508 g/mol. The molecule has 3 nitrogen and oxygen atoms in total. The molecule has 188 valence electrons. The van der Waals surface area contributed by atoms with Crippen LogP contribution in [0.2, 0.25) is 0 Å². The van der Waals surface area contributed by atoms with Gasteiger partial charge in [-0.05, 0) is 38.5 Å². The normalized spacial score (nSPS) is 13.1. The van der Waals surface area contributed by atoms with Crippen LogP contribution in [0.4, 0.5) is 0 Å². The highest BCUT2D eigenvalue weighted by Crippen LogP contribution is 2.35. The lowest BCUT2D eigenvalue weighted by molar-refractivity contribution is -0.406. The Kier molecular flexibility index (Phi) is 23.8. The average Bonchev–Trinajstić information content (AvgIpc) is 2.79. The Balaban J connectivity index is 5.00. The van der Waals surface area contributed by atoms with Crippen molar-refractivity contribution in [1.82, 2.24) is 0 Å². The molecular weight excluding hydrogens is 452 g/mol. The Bertz CT molecular complexity index is 330. The van der Waals surface area contributed by atoms with E-state index in [-0.39, 0.29) is 0 Å². The van der Waals surface area contributed by atoms with Crippen LogP contribution in [0.5, 0.6) is 0 Å². The van der Waals surface area contributed by atoms with Crippen LogP contribution < -0.4 is 0 Å². The quantitative estimate of drug-likeness (QED) is 0.0700. The topological polar surface area (TPSA) is 27.7 Å². The van der Waals surface area contributed by atoms with Gasteiger partial charge in [-0.2, -0.15) is 0 Å². The van der Waals surface area contributed by atoms with Gasteiger partial charge in [-0.3, -0.25) is 0 Å². The molecular formula is C27H55BrO3. The third kappa shape index (κ3) is 16.6. The molecule has 0 saturated carbocycles. The van der Waals surface area contributed by atoms with Crippen LogP contribution in [0.3, 0.4) is 0 Å². The summed E-state index contributed by atoms with van der Waals surface area (Å²) in [5.74, 6) is -0.521. The Hall–Kier alpha value is 0.360. The van der Waals surface area contributed by atoms with Gasteiger partial charge in [-0.15, -0.1) is 0 Å². The number of alkyl halides is 1. The van der Waals surface area contributed by atoms with Gasteiger partial charge in [0.25, 0.3) is 5.97 Å². The van der Waals surface area contributed by atoms with Crippen LogP contribution in [0.1, 0.15) is 137 Å². The Morgan fingerprint density at radius 2 is 0.903 bits per heavy atom. The summed E-state index contributed by atoms with van der Waals surface area (Å²) in [5, 5.41) is 1.13. The van der Waals surface area contributed by atoms with Crippen LogP contribution in [0.15, 0.2) is 0 Å². The van der Waals surface area contributed by atoms with Crippen LogP contribution in [0, 0.1) is 5.92 Å². The van der Waals surface area contributed by atoms with Gasteiger partial charge in [0.1, 0.15) is 0 Å². The van der Waals surface area contributed by atoms with Gasteiger partial charge < -0.3 is 14.2 Å². The second-order valence-electron chi connectivity index (χ2n) is 9.00. The van der Waals surface area contributed by atoms with Crippen molar-refractivity contribution in [3.63, 3.8) is 0 Å². The summed E-state index contributed by atoms with van der Waals surface area (Å²) >= 11 is 3.54. The summed E-state index contributed by atoms with van der Waals surface area (Å²) in [7, 11) is 0. The van der Waals surface area contributed by atoms with Crippen molar-refractivity contribution in [3.05, 3.63) is 0 Å². The first-order valence-corrected chi connectivity index (χ1v) is 14.8. The monoisotopic (exact) mass is 506 g/mol. The van der Waals surface area contributed by atoms with E-state index in [0.29, 0.717) is 25.7 Å². The van der Waals surface area contributed by atoms with Gasteiger partial charge in [0.2, 0.25) is 0 Å². The molecule has 0 radical (unpaired) electrons. The van der Waals surface area contributed by atoms with Crippen molar-refractivity contribution in [2.24, 2.45) is 5.92 Å². The minimum Gasteiger partial charge on any atom is -0.327 e. The highest BCUT2D eigenvalue weighted by molar-refractivity contribution is 9.09. The van der Waals surface area contributed by atoms with Crippen molar-refractivity contribution in [2.75, 3.05) is 25.2 Å². The highest BCUT2D eigenvalue weighted by Gasteiger charge is 2.41. The second-order valence-corrected chi connectivity index (χ2v) is 9.79. The van der Waals surface area contributed by atoms with E-state index in [2.05, 4.69) is 43.6 Å². The van der Waals surface area contributed by atoms with E-state index in [1.54, 1.807) is 0 Å². The second kappa shape index (κ2) is 23.5. The molecule has 0 amide bonds. The van der Waals surface area contributed by atoms with Crippen molar-refractivity contribution in [2.45, 2.75) is 143 Å². The molecule has 0 aliphatic carbocycles. The Morgan fingerprint density at radius 3 is 1.29 bits per heavy atom. The predicted molar refractivity (Wildman–Crippen MR) is 139 cm³/mol. The fraction of sp³-hybridized carbons (Fsp3) is 1.00. The minimum atomic E-state index is -0.846. The lowest BCUT2D eigenvalue weighted by atomic mass is 9.91. The van der Waals surface area contributed by atoms with Crippen LogP contribution in [-0.2, 0) is 14.2 Å². The maximum absolute atomic E-state index is 6.40. The summed E-state index contributed by atoms with van der Waals surface area (Å²) < 4.78 is 19.2. The summed E-state index contributed by atoms with van der Waals surface area (Å²) in [6.07, 6.45) is 21.1. The minimum absolute atomic E-state index is 0.325. The number of halogens is 1. The summed E-state index contributed by atoms with van der Waals surface area (Å²) in [5.41, 5.74) is 0. The van der Waals surface area contributed by atoms with E-state index in [4.69, 9.17) is 14.2 Å². The van der Waals surface area contributed by atoms with E-state index in [0.717, 1.165) is 37.4 Å². The molecule has 0 aliphatic heterocycles. The first-order valence-electron chi connectivity index (χ1n) is 13.7. The molecule has 0 rings (SSSR count). The predicted octanol–water partition coefficient (Wildman–Crippen LogP) is 9.41. The zero-order valence-corrected chi connectivity index (χ0v) is 23.1. The molecule has 0 spiro atoms. The van der Waals surface area contributed by atoms with E-state index in [1.807, 2.05) is 0 Å². The summed E-state index contributed by atoms with van der Waals surface area (Å²) in [6.45, 7) is 10.9. The molecule has 1 unspecified atom stereocenters. The van der Waals surface area contributed by atoms with Crippen LogP contribution in [-0.4, -0.2) is 31.1 Å². The zero-order valence-electron chi connectivity index (χ0n) is 21.5. The standard InChI is InChI=1S/C27H55BrO3/c1-5-9-10-11-14-17-20-26(21-18-15-12-13-16-19-22-28)27(29-23-6-2,30-24-7-3)31-25-8-4/h26H,5-25H2,1-4H3. The number of ether oxygens (including phenoxy) is 3. The largest absolute Gasteiger partial charge is 0.327 e. The first-order chi connectivity index (χ1) is 15.2. The fourth-order valence-electron chi connectivity index (χ4n) is 4.07. The van der Waals surface area contributed by atoms with E-state index >= 15 is 0 Å². The van der Waals surface area contributed by atoms with Crippen molar-refractivity contribution >= 4 is 15.9 Å². The van der Waals surface area contributed by atoms with E-state index in [1.165, 1.54) is 77.0 Å². The SMILES string of the molecule is CCCCCCCCC(CCCCCCCCBr)C(OCCC)(OCCC)OCCC. The third-order valence-corrected chi connectivity index (χ3v) is 6.43. The molecule has 0 aromatic carbocycles.